The van der Waals surface area contributed by atoms with E-state index in [1.165, 1.54) is 12.1 Å². The molecule has 7 atom stereocenters. The SMILES string of the molecule is CC(C)C[C@H](NC(=O)[C@H](CCCCN)NC(=O)c1ccccc1N)C(=O)N[C@@H](COCc1ccccc1)C(=O)N[C@@H](Cc1ccccc1)C(=O)N[C@@H](CO)C(=O)N[C@@H](CCCCN)C(=O)N[C@@H](CCC(N)=O)C(=O)NCCNc1ccc([N+](=O)[O-])cc1[N+](=O)[O-]. The summed E-state index contributed by atoms with van der Waals surface area (Å²) in [6.07, 6.45) is 0.848. The number of nitro benzene ring substituents is 2. The minimum absolute atomic E-state index is 0.0159. The van der Waals surface area contributed by atoms with Gasteiger partial charge in [-0.25, -0.2) is 0 Å². The lowest BCUT2D eigenvalue weighted by Crippen LogP contribution is -2.61. The predicted octanol–water partition coefficient (Wildman–Crippen LogP) is 0.342. The molecular formula is C60H83N15O15. The normalized spacial score (nSPS) is 13.3. The van der Waals surface area contributed by atoms with Crippen molar-refractivity contribution in [3.05, 3.63) is 140 Å². The molecule has 30 heteroatoms. The highest BCUT2D eigenvalue weighted by atomic mass is 16.6. The quantitative estimate of drug-likeness (QED) is 0.0123. The molecule has 0 spiro atoms. The number of aliphatic hydroxyl groups is 1. The molecule has 488 valence electrons. The first-order chi connectivity index (χ1) is 43.0. The summed E-state index contributed by atoms with van der Waals surface area (Å²) in [6.45, 7) is 2.27. The number of nitro groups is 2. The molecule has 0 saturated carbocycles. The first-order valence-corrected chi connectivity index (χ1v) is 29.4. The van der Waals surface area contributed by atoms with E-state index in [0.717, 1.165) is 23.8 Å². The summed E-state index contributed by atoms with van der Waals surface area (Å²) in [5, 5.41) is 57.0. The van der Waals surface area contributed by atoms with E-state index in [2.05, 4.69) is 47.9 Å². The number of carbonyl (C=O) groups excluding carboxylic acids is 9. The third kappa shape index (κ3) is 25.2. The largest absolute Gasteiger partial charge is 0.398 e. The van der Waals surface area contributed by atoms with Crippen LogP contribution in [-0.2, 0) is 56.1 Å². The average Bonchev–Trinajstić information content (AvgIpc) is 2.00. The number of primary amides is 1. The fourth-order valence-electron chi connectivity index (χ4n) is 9.10. The number of para-hydroxylation sites is 1. The Morgan fingerprint density at radius 1 is 0.556 bits per heavy atom. The molecule has 0 radical (unpaired) electrons. The molecule has 0 heterocycles. The van der Waals surface area contributed by atoms with Crippen molar-refractivity contribution >= 4 is 75.9 Å². The van der Waals surface area contributed by atoms with Crippen LogP contribution in [0.15, 0.2) is 103 Å². The van der Waals surface area contributed by atoms with Gasteiger partial charge in [-0.3, -0.25) is 63.4 Å². The molecule has 0 aliphatic heterocycles. The first kappa shape index (κ1) is 72.8. The van der Waals surface area contributed by atoms with Crippen LogP contribution < -0.4 is 70.8 Å². The van der Waals surface area contributed by atoms with Gasteiger partial charge in [-0.1, -0.05) is 86.6 Å². The summed E-state index contributed by atoms with van der Waals surface area (Å²) in [6, 6.07) is 16.4. The smallest absolute Gasteiger partial charge is 0.299 e. The molecule has 0 aliphatic rings. The lowest BCUT2D eigenvalue weighted by Gasteiger charge is -2.28. The highest BCUT2D eigenvalue weighted by Gasteiger charge is 2.35. The van der Waals surface area contributed by atoms with E-state index in [4.69, 9.17) is 27.7 Å². The zero-order valence-corrected chi connectivity index (χ0v) is 50.3. The molecule has 0 aliphatic carbocycles. The number of unbranched alkanes of at least 4 members (excludes halogenated alkanes) is 2. The number of non-ortho nitro benzene ring substituents is 1. The van der Waals surface area contributed by atoms with E-state index in [1.807, 2.05) is 13.8 Å². The summed E-state index contributed by atoms with van der Waals surface area (Å²) < 4.78 is 5.98. The fraction of sp³-hybridized carbons (Fsp3) is 0.450. The maximum Gasteiger partial charge on any atom is 0.299 e. The molecule has 0 bridgehead atoms. The van der Waals surface area contributed by atoms with E-state index in [-0.39, 0.29) is 94.0 Å². The van der Waals surface area contributed by atoms with Gasteiger partial charge in [-0.05, 0) is 99.7 Å². The van der Waals surface area contributed by atoms with Crippen LogP contribution in [0.25, 0.3) is 0 Å². The standard InChI is InChI=1S/C60H83N15O15/c1-37(2)31-47(70-56(81)44(21-11-13-27-61)67-53(78)41-19-9-10-20-42(41)63)57(82)73-50(36-90-35-39-17-7-4-8-18-39)60(85)71-48(32-38-15-5-3-6-16-38)58(83)72-49(34-76)59(84)68-45(22-12-14-28-62)55(80)69-46(25-26-52(64)77)54(79)66-30-29-65-43-24-23-40(74(86)87)33-51(43)75(88)89/h3-10,15-20,23-24,33,37,44-50,65,76H,11-14,21-22,25-32,34-36,61-63H2,1-2H3,(H2,64,77)(H,66,79)(H,67,78)(H,68,84)(H,69,80)(H,70,81)(H,71,85)(H,72,83)(H,73,82)/t44-,45-,46-,47-,48-,49-,50-/m0/s1. The minimum Gasteiger partial charge on any atom is -0.398 e. The topological polar surface area (TPSA) is 482 Å². The van der Waals surface area contributed by atoms with E-state index >= 15 is 0 Å². The van der Waals surface area contributed by atoms with Crippen LogP contribution in [0.3, 0.4) is 0 Å². The Kier molecular flexibility index (Phi) is 31.2. The van der Waals surface area contributed by atoms with Gasteiger partial charge in [0.2, 0.25) is 47.3 Å². The third-order valence-electron chi connectivity index (χ3n) is 13.9. The Balaban J connectivity index is 1.57. The Morgan fingerprint density at radius 3 is 1.62 bits per heavy atom. The molecule has 4 aromatic carbocycles. The number of anilines is 2. The first-order valence-electron chi connectivity index (χ1n) is 29.4. The second-order valence-corrected chi connectivity index (χ2v) is 21.5. The number of nitrogens with zero attached hydrogens (tertiary/aromatic N) is 2. The van der Waals surface area contributed by atoms with Crippen LogP contribution in [-0.4, -0.2) is 150 Å². The molecule has 0 aromatic heterocycles. The fourth-order valence-corrected chi connectivity index (χ4v) is 9.10. The van der Waals surface area contributed by atoms with E-state index in [9.17, 15) is 68.5 Å². The van der Waals surface area contributed by atoms with Crippen molar-refractivity contribution in [2.75, 3.05) is 50.4 Å². The van der Waals surface area contributed by atoms with E-state index in [1.54, 1.807) is 72.8 Å². The second-order valence-electron chi connectivity index (χ2n) is 21.5. The Bertz CT molecular complexity index is 3050. The summed E-state index contributed by atoms with van der Waals surface area (Å²) in [5.41, 5.74) is 23.3. The molecule has 30 nitrogen and oxygen atoms in total. The zero-order valence-electron chi connectivity index (χ0n) is 50.3. The molecule has 4 rings (SSSR count). The number of aliphatic hydroxyl groups excluding tert-OH is 1. The number of nitrogen functional groups attached to an aromatic ring is 1. The van der Waals surface area contributed by atoms with Crippen molar-refractivity contribution in [1.29, 1.82) is 0 Å². The Labute approximate surface area is 520 Å². The number of amides is 9. The van der Waals surface area contributed by atoms with Crippen molar-refractivity contribution in [2.45, 2.75) is 127 Å². The summed E-state index contributed by atoms with van der Waals surface area (Å²) >= 11 is 0. The molecule has 4 aromatic rings. The number of nitrogens with two attached hydrogens (primary N) is 4. The number of carbonyl (C=O) groups is 9. The van der Waals surface area contributed by atoms with Gasteiger partial charge < -0.3 is 80.6 Å². The molecule has 9 amide bonds. The highest BCUT2D eigenvalue weighted by Crippen LogP contribution is 2.29. The molecule has 0 unspecified atom stereocenters. The molecular weight excluding hydrogens is 1170 g/mol. The Hall–Kier alpha value is -9.65. The maximum absolute atomic E-state index is 14.7. The van der Waals surface area contributed by atoms with Crippen molar-refractivity contribution in [3.8, 4) is 0 Å². The minimum atomic E-state index is -1.77. The van der Waals surface area contributed by atoms with E-state index in [0.29, 0.717) is 31.4 Å². The summed E-state index contributed by atoms with van der Waals surface area (Å²) in [5.74, 6) is -7.91. The zero-order chi connectivity index (χ0) is 66.1. The third-order valence-corrected chi connectivity index (χ3v) is 13.9. The van der Waals surface area contributed by atoms with Gasteiger partial charge in [0.15, 0.2) is 0 Å². The summed E-state index contributed by atoms with van der Waals surface area (Å²) in [4.78, 5) is 146. The predicted molar refractivity (Wildman–Crippen MR) is 332 cm³/mol. The van der Waals surface area contributed by atoms with Gasteiger partial charge in [0.25, 0.3) is 17.3 Å². The molecule has 18 N–H and O–H groups in total. The summed E-state index contributed by atoms with van der Waals surface area (Å²) in [7, 11) is 0. The van der Waals surface area contributed by atoms with Crippen LogP contribution in [0.2, 0.25) is 0 Å². The van der Waals surface area contributed by atoms with Gasteiger partial charge in [0, 0.05) is 37.7 Å². The maximum atomic E-state index is 14.7. The van der Waals surface area contributed by atoms with Gasteiger partial charge in [0.1, 0.15) is 48.0 Å². The number of hydrogen-bond donors (Lipinski definition) is 14. The lowest BCUT2D eigenvalue weighted by atomic mass is 10.0. The number of nitrogens with one attached hydrogen (secondary N) is 9. The van der Waals surface area contributed by atoms with Gasteiger partial charge in [-0.15, -0.1) is 0 Å². The number of ether oxygens (including phenoxy) is 1. The number of rotatable bonds is 41. The van der Waals surface area contributed by atoms with Gasteiger partial charge >= 0.3 is 0 Å². The van der Waals surface area contributed by atoms with Gasteiger partial charge in [-0.2, -0.15) is 0 Å². The van der Waals surface area contributed by atoms with Gasteiger partial charge in [0.05, 0.1) is 41.3 Å². The van der Waals surface area contributed by atoms with Crippen LogP contribution in [0.1, 0.15) is 93.1 Å². The Morgan fingerprint density at radius 2 is 1.06 bits per heavy atom. The van der Waals surface area contributed by atoms with Crippen molar-refractivity contribution in [3.63, 3.8) is 0 Å². The average molecular weight is 1250 g/mol. The highest BCUT2D eigenvalue weighted by molar-refractivity contribution is 6.02. The van der Waals surface area contributed by atoms with Crippen LogP contribution in [0.4, 0.5) is 22.7 Å². The number of benzene rings is 4. The van der Waals surface area contributed by atoms with Crippen LogP contribution >= 0.6 is 0 Å². The molecule has 0 saturated heterocycles. The van der Waals surface area contributed by atoms with E-state index < -0.39 is 130 Å². The second kappa shape index (κ2) is 38.6. The lowest BCUT2D eigenvalue weighted by molar-refractivity contribution is -0.393. The van der Waals surface area contributed by atoms with Crippen molar-refractivity contribution in [2.24, 2.45) is 23.1 Å². The van der Waals surface area contributed by atoms with Crippen LogP contribution in [0, 0.1) is 26.1 Å². The molecule has 90 heavy (non-hydrogen) atoms. The van der Waals surface area contributed by atoms with Crippen molar-refractivity contribution in [1.82, 2.24) is 42.5 Å². The monoisotopic (exact) mass is 1250 g/mol. The number of hydrogen-bond acceptors (Lipinski definition) is 19. The van der Waals surface area contributed by atoms with Crippen LogP contribution in [0.5, 0.6) is 0 Å². The van der Waals surface area contributed by atoms with Crippen molar-refractivity contribution < 1.29 is 62.8 Å². The molecule has 0 fully saturated rings.